The fourth-order valence-corrected chi connectivity index (χ4v) is 3.50. The molecular formula is C22H25ClN2O4. The van der Waals surface area contributed by atoms with Crippen LogP contribution in [-0.2, 0) is 9.53 Å². The van der Waals surface area contributed by atoms with Gasteiger partial charge >= 0.3 is 6.09 Å². The molecule has 2 amide bonds. The number of ether oxygens (including phenoxy) is 2. The zero-order valence-corrected chi connectivity index (χ0v) is 17.2. The van der Waals surface area contributed by atoms with Crippen molar-refractivity contribution in [3.8, 4) is 16.9 Å². The van der Waals surface area contributed by atoms with Gasteiger partial charge in [0, 0.05) is 19.1 Å². The molecule has 154 valence electrons. The number of carbonyl (C=O) groups excluding carboxylic acids is 2. The Bertz CT molecular complexity index is 836. The first-order chi connectivity index (χ1) is 14.1. The highest BCUT2D eigenvalue weighted by Crippen LogP contribution is 2.30. The van der Waals surface area contributed by atoms with E-state index in [1.807, 2.05) is 42.5 Å². The van der Waals surface area contributed by atoms with Crippen LogP contribution >= 0.6 is 11.6 Å². The molecule has 1 aliphatic rings. The first kappa shape index (κ1) is 21.0. The number of halogens is 1. The number of amides is 2. The van der Waals surface area contributed by atoms with Crippen molar-refractivity contribution in [2.75, 3.05) is 26.3 Å². The number of hydrogen-bond acceptors (Lipinski definition) is 4. The monoisotopic (exact) mass is 416 g/mol. The number of likely N-dealkylation sites (tertiary alicyclic amines) is 1. The molecule has 2 aromatic carbocycles. The number of benzene rings is 2. The summed E-state index contributed by atoms with van der Waals surface area (Å²) in [5.74, 6) is 0.265. The third-order valence-electron chi connectivity index (χ3n) is 4.78. The van der Waals surface area contributed by atoms with E-state index in [1.165, 1.54) is 0 Å². The van der Waals surface area contributed by atoms with Gasteiger partial charge in [0.25, 0.3) is 5.91 Å². The van der Waals surface area contributed by atoms with Crippen molar-refractivity contribution in [1.29, 1.82) is 0 Å². The Kier molecular flexibility index (Phi) is 7.36. The van der Waals surface area contributed by atoms with E-state index in [0.717, 1.165) is 11.1 Å². The van der Waals surface area contributed by atoms with Gasteiger partial charge in [0.15, 0.2) is 6.61 Å². The fraction of sp³-hybridized carbons (Fsp3) is 0.364. The van der Waals surface area contributed by atoms with E-state index in [4.69, 9.17) is 21.1 Å². The molecule has 6 nitrogen and oxygen atoms in total. The summed E-state index contributed by atoms with van der Waals surface area (Å²) in [5, 5.41) is 3.41. The number of nitrogens with zero attached hydrogens (tertiary/aromatic N) is 1. The van der Waals surface area contributed by atoms with Crippen LogP contribution in [0.5, 0.6) is 5.75 Å². The maximum Gasteiger partial charge on any atom is 0.409 e. The molecule has 7 heteroatoms. The van der Waals surface area contributed by atoms with E-state index in [9.17, 15) is 9.59 Å². The molecule has 0 saturated carbocycles. The smallest absolute Gasteiger partial charge is 0.409 e. The van der Waals surface area contributed by atoms with Crippen LogP contribution in [-0.4, -0.2) is 49.2 Å². The summed E-state index contributed by atoms with van der Waals surface area (Å²) >= 11 is 6.32. The lowest BCUT2D eigenvalue weighted by molar-refractivity contribution is -0.124. The number of rotatable bonds is 6. The lowest BCUT2D eigenvalue weighted by atomic mass is 10.1. The van der Waals surface area contributed by atoms with Crippen molar-refractivity contribution < 1.29 is 19.1 Å². The molecule has 0 spiro atoms. The molecule has 3 rings (SSSR count). The average molecular weight is 417 g/mol. The third kappa shape index (κ3) is 5.87. The standard InChI is InChI=1S/C22H25ClN2O4/c1-2-28-22(27)25-12-10-18(11-13-25)24-21(26)15-29-20-9-8-17(14-19(20)23)16-6-4-3-5-7-16/h3-9,14,18H,2,10-13,15H2,1H3,(H,24,26). The van der Waals surface area contributed by atoms with Crippen molar-refractivity contribution in [3.05, 3.63) is 53.6 Å². The molecule has 0 bridgehead atoms. The Morgan fingerprint density at radius 3 is 2.48 bits per heavy atom. The molecule has 1 saturated heterocycles. The van der Waals surface area contributed by atoms with E-state index in [0.29, 0.717) is 43.3 Å². The van der Waals surface area contributed by atoms with Crippen LogP contribution in [0.15, 0.2) is 48.5 Å². The summed E-state index contributed by atoms with van der Waals surface area (Å²) in [4.78, 5) is 25.6. The Morgan fingerprint density at radius 1 is 1.10 bits per heavy atom. The number of nitrogens with one attached hydrogen (secondary N) is 1. The highest BCUT2D eigenvalue weighted by molar-refractivity contribution is 6.32. The van der Waals surface area contributed by atoms with Gasteiger partial charge in [-0.05, 0) is 43.0 Å². The summed E-state index contributed by atoms with van der Waals surface area (Å²) in [6.07, 6.45) is 1.09. The van der Waals surface area contributed by atoms with E-state index in [2.05, 4.69) is 5.32 Å². The third-order valence-corrected chi connectivity index (χ3v) is 5.08. The molecule has 0 atom stereocenters. The van der Waals surface area contributed by atoms with E-state index in [-0.39, 0.29) is 24.6 Å². The lowest BCUT2D eigenvalue weighted by Gasteiger charge is -2.31. The molecule has 1 fully saturated rings. The number of piperidine rings is 1. The predicted molar refractivity (Wildman–Crippen MR) is 112 cm³/mol. The molecule has 1 heterocycles. The average Bonchev–Trinajstić information content (AvgIpc) is 2.74. The second-order valence-electron chi connectivity index (χ2n) is 6.83. The molecule has 29 heavy (non-hydrogen) atoms. The molecule has 0 aliphatic carbocycles. The van der Waals surface area contributed by atoms with Crippen LogP contribution in [0.25, 0.3) is 11.1 Å². The SMILES string of the molecule is CCOC(=O)N1CCC(NC(=O)COc2ccc(-c3ccccc3)cc2Cl)CC1. The zero-order chi connectivity index (χ0) is 20.6. The molecule has 0 unspecified atom stereocenters. The summed E-state index contributed by atoms with van der Waals surface area (Å²) in [6, 6.07) is 15.4. The van der Waals surface area contributed by atoms with Gasteiger partial charge in [0.1, 0.15) is 5.75 Å². The normalized spacial score (nSPS) is 14.3. The molecular weight excluding hydrogens is 392 g/mol. The summed E-state index contributed by atoms with van der Waals surface area (Å²) in [7, 11) is 0. The highest BCUT2D eigenvalue weighted by Gasteiger charge is 2.24. The lowest BCUT2D eigenvalue weighted by Crippen LogP contribution is -2.47. The minimum absolute atomic E-state index is 0.0210. The Labute approximate surface area is 175 Å². The predicted octanol–water partition coefficient (Wildman–Crippen LogP) is 4.12. The maximum atomic E-state index is 12.2. The van der Waals surface area contributed by atoms with Crippen LogP contribution < -0.4 is 10.1 Å². The van der Waals surface area contributed by atoms with Crippen LogP contribution in [0.2, 0.25) is 5.02 Å². The first-order valence-electron chi connectivity index (χ1n) is 9.75. The van der Waals surface area contributed by atoms with Crippen LogP contribution in [0.4, 0.5) is 4.79 Å². The molecule has 0 radical (unpaired) electrons. The largest absolute Gasteiger partial charge is 0.482 e. The summed E-state index contributed by atoms with van der Waals surface area (Å²) in [6.45, 7) is 3.17. The topological polar surface area (TPSA) is 67.9 Å². The van der Waals surface area contributed by atoms with Crippen molar-refractivity contribution >= 4 is 23.6 Å². The number of carbonyl (C=O) groups is 2. The highest BCUT2D eigenvalue weighted by atomic mass is 35.5. The van der Waals surface area contributed by atoms with Crippen molar-refractivity contribution in [2.45, 2.75) is 25.8 Å². The fourth-order valence-electron chi connectivity index (χ4n) is 3.26. The Morgan fingerprint density at radius 2 is 1.83 bits per heavy atom. The van der Waals surface area contributed by atoms with Gasteiger partial charge in [0.05, 0.1) is 11.6 Å². The van der Waals surface area contributed by atoms with Gasteiger partial charge in [-0.15, -0.1) is 0 Å². The first-order valence-corrected chi connectivity index (χ1v) is 10.1. The van der Waals surface area contributed by atoms with E-state index < -0.39 is 0 Å². The van der Waals surface area contributed by atoms with Gasteiger partial charge in [-0.25, -0.2) is 4.79 Å². The van der Waals surface area contributed by atoms with Crippen LogP contribution in [0.1, 0.15) is 19.8 Å². The molecule has 2 aromatic rings. The molecule has 1 N–H and O–H groups in total. The van der Waals surface area contributed by atoms with Crippen molar-refractivity contribution in [2.24, 2.45) is 0 Å². The Hall–Kier alpha value is -2.73. The maximum absolute atomic E-state index is 12.2. The van der Waals surface area contributed by atoms with Crippen LogP contribution in [0.3, 0.4) is 0 Å². The second-order valence-corrected chi connectivity index (χ2v) is 7.23. The summed E-state index contributed by atoms with van der Waals surface area (Å²) in [5.41, 5.74) is 2.05. The minimum Gasteiger partial charge on any atom is -0.482 e. The molecule has 1 aliphatic heterocycles. The van der Waals surface area contributed by atoms with Crippen molar-refractivity contribution in [1.82, 2.24) is 10.2 Å². The number of hydrogen-bond donors (Lipinski definition) is 1. The van der Waals surface area contributed by atoms with Gasteiger partial charge in [-0.1, -0.05) is 48.0 Å². The van der Waals surface area contributed by atoms with Gasteiger partial charge in [0.2, 0.25) is 0 Å². The van der Waals surface area contributed by atoms with Gasteiger partial charge < -0.3 is 19.7 Å². The molecule has 0 aromatic heterocycles. The van der Waals surface area contributed by atoms with Crippen LogP contribution in [0, 0.1) is 0 Å². The Balaban J connectivity index is 1.46. The summed E-state index contributed by atoms with van der Waals surface area (Å²) < 4.78 is 10.6. The second kappa shape index (κ2) is 10.2. The zero-order valence-electron chi connectivity index (χ0n) is 16.4. The van der Waals surface area contributed by atoms with E-state index >= 15 is 0 Å². The van der Waals surface area contributed by atoms with Crippen molar-refractivity contribution in [3.63, 3.8) is 0 Å². The van der Waals surface area contributed by atoms with Gasteiger partial charge in [-0.2, -0.15) is 0 Å². The van der Waals surface area contributed by atoms with Gasteiger partial charge in [-0.3, -0.25) is 4.79 Å². The van der Waals surface area contributed by atoms with E-state index in [1.54, 1.807) is 17.9 Å². The quantitative estimate of drug-likeness (QED) is 0.769. The minimum atomic E-state index is -0.297.